The van der Waals surface area contributed by atoms with E-state index in [1.54, 1.807) is 6.92 Å². The van der Waals surface area contributed by atoms with E-state index in [9.17, 15) is 18.0 Å². The maximum atomic E-state index is 12.8. The molecule has 1 N–H and O–H groups in total. The molecule has 1 aromatic heterocycles. The zero-order valence-corrected chi connectivity index (χ0v) is 12.5. The van der Waals surface area contributed by atoms with Gasteiger partial charge in [-0.05, 0) is 35.0 Å². The predicted octanol–water partition coefficient (Wildman–Crippen LogP) is 3.61. The van der Waals surface area contributed by atoms with Gasteiger partial charge in [-0.25, -0.2) is 0 Å². The van der Waals surface area contributed by atoms with E-state index in [4.69, 9.17) is 0 Å². The van der Waals surface area contributed by atoms with Gasteiger partial charge in [-0.1, -0.05) is 12.1 Å². The zero-order chi connectivity index (χ0) is 15.6. The van der Waals surface area contributed by atoms with Crippen LogP contribution >= 0.6 is 15.9 Å². The van der Waals surface area contributed by atoms with Crippen LogP contribution in [0.5, 0.6) is 0 Å². The molecule has 2 rings (SSSR count). The highest BCUT2D eigenvalue weighted by atomic mass is 79.9. The number of nitrogens with one attached hydrogen (secondary N) is 1. The molecule has 0 spiro atoms. The van der Waals surface area contributed by atoms with E-state index in [1.807, 2.05) is 0 Å². The lowest BCUT2D eigenvalue weighted by Crippen LogP contribution is -2.22. The Labute approximate surface area is 127 Å². The number of carbonyl (C=O) groups excluding carboxylic acids is 1. The fourth-order valence-corrected chi connectivity index (χ4v) is 2.04. The van der Waals surface area contributed by atoms with E-state index < -0.39 is 17.6 Å². The molecule has 8 heteroatoms. The number of benzene rings is 1. The van der Waals surface area contributed by atoms with Crippen molar-refractivity contribution in [3.05, 3.63) is 46.2 Å². The first-order chi connectivity index (χ1) is 9.79. The van der Waals surface area contributed by atoms with Crippen molar-refractivity contribution in [3.63, 3.8) is 0 Å². The molecule has 0 bridgehead atoms. The predicted molar refractivity (Wildman–Crippen MR) is 74.7 cm³/mol. The number of amides is 1. The molecule has 0 radical (unpaired) electrons. The largest absolute Gasteiger partial charge is 0.418 e. The summed E-state index contributed by atoms with van der Waals surface area (Å²) in [6.45, 7) is 1.58. The number of alkyl halides is 3. The minimum atomic E-state index is -4.52. The fraction of sp³-hybridized carbons (Fsp3) is 0.231. The van der Waals surface area contributed by atoms with Gasteiger partial charge < -0.3 is 5.32 Å². The molecule has 112 valence electrons. The first-order valence-electron chi connectivity index (χ1n) is 5.93. The van der Waals surface area contributed by atoms with Crippen LogP contribution in [0.2, 0.25) is 0 Å². The molecule has 0 unspecified atom stereocenters. The molecule has 0 saturated carbocycles. The summed E-state index contributed by atoms with van der Waals surface area (Å²) in [7, 11) is 0. The zero-order valence-electron chi connectivity index (χ0n) is 10.9. The van der Waals surface area contributed by atoms with Gasteiger partial charge >= 0.3 is 6.18 Å². The van der Waals surface area contributed by atoms with Gasteiger partial charge in [-0.2, -0.15) is 18.3 Å². The van der Waals surface area contributed by atoms with E-state index in [0.29, 0.717) is 5.69 Å². The van der Waals surface area contributed by atoms with E-state index in [1.165, 1.54) is 29.1 Å². The molecule has 0 aliphatic heterocycles. The highest BCUT2D eigenvalue weighted by Gasteiger charge is 2.33. The van der Waals surface area contributed by atoms with Crippen LogP contribution in [-0.2, 0) is 17.5 Å². The SMILES string of the molecule is Cc1c(Br)cnn1CC(=O)Nc1ccccc1C(F)(F)F. The molecule has 0 fully saturated rings. The van der Waals surface area contributed by atoms with Gasteiger partial charge in [0.1, 0.15) is 6.54 Å². The van der Waals surface area contributed by atoms with E-state index in [-0.39, 0.29) is 12.2 Å². The second-order valence-corrected chi connectivity index (χ2v) is 5.18. The normalized spacial score (nSPS) is 11.5. The van der Waals surface area contributed by atoms with Gasteiger partial charge in [0.15, 0.2) is 0 Å². The van der Waals surface area contributed by atoms with Crippen LogP contribution in [0, 0.1) is 6.92 Å². The van der Waals surface area contributed by atoms with Gasteiger partial charge in [0.2, 0.25) is 5.91 Å². The highest BCUT2D eigenvalue weighted by molar-refractivity contribution is 9.10. The van der Waals surface area contributed by atoms with Crippen molar-refractivity contribution in [2.45, 2.75) is 19.6 Å². The summed E-state index contributed by atoms with van der Waals surface area (Å²) >= 11 is 3.25. The number of halogens is 4. The maximum absolute atomic E-state index is 12.8. The average Bonchev–Trinajstić information content (AvgIpc) is 2.70. The summed E-state index contributed by atoms with van der Waals surface area (Å²) in [6.07, 6.45) is -3.00. The van der Waals surface area contributed by atoms with Crippen molar-refractivity contribution in [2.24, 2.45) is 0 Å². The Morgan fingerprint density at radius 2 is 2.05 bits per heavy atom. The van der Waals surface area contributed by atoms with Crippen LogP contribution in [0.3, 0.4) is 0 Å². The number of carbonyl (C=O) groups is 1. The van der Waals surface area contributed by atoms with Crippen LogP contribution in [0.25, 0.3) is 0 Å². The molecule has 0 saturated heterocycles. The molecular weight excluding hydrogens is 351 g/mol. The maximum Gasteiger partial charge on any atom is 0.418 e. The van der Waals surface area contributed by atoms with Crippen molar-refractivity contribution < 1.29 is 18.0 Å². The first kappa shape index (κ1) is 15.6. The third kappa shape index (κ3) is 3.63. The van der Waals surface area contributed by atoms with Gasteiger partial charge in [0, 0.05) is 0 Å². The Kier molecular flexibility index (Phi) is 4.36. The molecule has 4 nitrogen and oxygen atoms in total. The van der Waals surface area contributed by atoms with Crippen LogP contribution in [-0.4, -0.2) is 15.7 Å². The number of nitrogens with zero attached hydrogens (tertiary/aromatic N) is 2. The van der Waals surface area contributed by atoms with Crippen LogP contribution in [0.15, 0.2) is 34.9 Å². The number of para-hydroxylation sites is 1. The Hall–Kier alpha value is -1.83. The molecule has 1 aromatic carbocycles. The molecule has 0 aliphatic rings. The summed E-state index contributed by atoms with van der Waals surface area (Å²) in [6, 6.07) is 4.84. The summed E-state index contributed by atoms with van der Waals surface area (Å²) < 4.78 is 40.6. The number of aromatic nitrogens is 2. The van der Waals surface area contributed by atoms with Crippen molar-refractivity contribution in [3.8, 4) is 0 Å². The monoisotopic (exact) mass is 361 g/mol. The van der Waals surface area contributed by atoms with Gasteiger partial charge in [0.05, 0.1) is 27.6 Å². The Morgan fingerprint density at radius 1 is 1.38 bits per heavy atom. The number of anilines is 1. The van der Waals surface area contributed by atoms with Gasteiger partial charge in [-0.15, -0.1) is 0 Å². The first-order valence-corrected chi connectivity index (χ1v) is 6.72. The lowest BCUT2D eigenvalue weighted by atomic mass is 10.1. The molecule has 21 heavy (non-hydrogen) atoms. The van der Waals surface area contributed by atoms with Gasteiger partial charge in [-0.3, -0.25) is 9.48 Å². The fourth-order valence-electron chi connectivity index (χ4n) is 1.75. The smallest absolute Gasteiger partial charge is 0.324 e. The summed E-state index contributed by atoms with van der Waals surface area (Å²) in [5.74, 6) is -0.578. The Balaban J connectivity index is 2.16. The summed E-state index contributed by atoms with van der Waals surface area (Å²) in [5, 5.41) is 6.22. The standard InChI is InChI=1S/C13H11BrF3N3O/c1-8-10(14)6-18-20(8)7-12(21)19-11-5-3-2-4-9(11)13(15,16)17/h2-6H,7H2,1H3,(H,19,21). The molecule has 1 heterocycles. The molecule has 2 aromatic rings. The van der Waals surface area contributed by atoms with Crippen molar-refractivity contribution in [2.75, 3.05) is 5.32 Å². The Bertz CT molecular complexity index is 667. The third-order valence-electron chi connectivity index (χ3n) is 2.84. The lowest BCUT2D eigenvalue weighted by molar-refractivity contribution is -0.137. The van der Waals surface area contributed by atoms with Crippen LogP contribution in [0.4, 0.5) is 18.9 Å². The van der Waals surface area contributed by atoms with E-state index in [0.717, 1.165) is 10.5 Å². The lowest BCUT2D eigenvalue weighted by Gasteiger charge is -2.13. The number of hydrogen-bond donors (Lipinski definition) is 1. The van der Waals surface area contributed by atoms with Gasteiger partial charge in [0.25, 0.3) is 0 Å². The number of rotatable bonds is 3. The molecule has 0 atom stereocenters. The van der Waals surface area contributed by atoms with Crippen LogP contribution < -0.4 is 5.32 Å². The molecule has 0 aliphatic carbocycles. The van der Waals surface area contributed by atoms with E-state index in [2.05, 4.69) is 26.3 Å². The molecule has 1 amide bonds. The second kappa shape index (κ2) is 5.88. The van der Waals surface area contributed by atoms with E-state index >= 15 is 0 Å². The highest BCUT2D eigenvalue weighted by Crippen LogP contribution is 2.34. The summed E-state index contributed by atoms with van der Waals surface area (Å²) in [5.41, 5.74) is -0.426. The van der Waals surface area contributed by atoms with Crippen molar-refractivity contribution in [1.29, 1.82) is 0 Å². The number of hydrogen-bond acceptors (Lipinski definition) is 2. The topological polar surface area (TPSA) is 46.9 Å². The van der Waals surface area contributed by atoms with Crippen LogP contribution in [0.1, 0.15) is 11.3 Å². The van der Waals surface area contributed by atoms with Crippen molar-refractivity contribution >= 4 is 27.5 Å². The average molecular weight is 362 g/mol. The Morgan fingerprint density at radius 3 is 2.62 bits per heavy atom. The molecular formula is C13H11BrF3N3O. The quantitative estimate of drug-likeness (QED) is 0.907. The minimum Gasteiger partial charge on any atom is -0.324 e. The second-order valence-electron chi connectivity index (χ2n) is 4.33. The minimum absolute atomic E-state index is 0.163. The summed E-state index contributed by atoms with van der Waals surface area (Å²) in [4.78, 5) is 11.9. The van der Waals surface area contributed by atoms with Crippen molar-refractivity contribution in [1.82, 2.24) is 9.78 Å². The third-order valence-corrected chi connectivity index (χ3v) is 3.62.